The zero-order valence-electron chi connectivity index (χ0n) is 9.01. The van der Waals surface area contributed by atoms with E-state index in [2.05, 4.69) is 15.1 Å². The summed E-state index contributed by atoms with van der Waals surface area (Å²) in [4.78, 5) is 26.9. The molecule has 1 fully saturated rings. The Morgan fingerprint density at radius 1 is 1.71 bits per heavy atom. The topological polar surface area (TPSA) is 71.5 Å². The molecular weight excluding hydrogens is 246 g/mol. The van der Waals surface area contributed by atoms with Crippen LogP contribution < -0.4 is 10.4 Å². The number of methoxy groups -OCH3 is 1. The van der Waals surface area contributed by atoms with Crippen molar-refractivity contribution in [3.63, 3.8) is 0 Å². The minimum atomic E-state index is -0.736. The molecule has 90 valence electrons. The van der Waals surface area contributed by atoms with E-state index in [0.29, 0.717) is 10.8 Å². The molecule has 0 saturated carbocycles. The second-order valence-electron chi connectivity index (χ2n) is 3.46. The molecule has 0 spiro atoms. The monoisotopic (exact) mass is 255 g/mol. The summed E-state index contributed by atoms with van der Waals surface area (Å²) in [5.74, 6) is -0.456. The number of pyridine rings is 1. The first kappa shape index (κ1) is 11.7. The summed E-state index contributed by atoms with van der Waals surface area (Å²) in [7, 11) is 1.27. The van der Waals surface area contributed by atoms with Gasteiger partial charge in [-0.15, -0.1) is 0 Å². The summed E-state index contributed by atoms with van der Waals surface area (Å²) >= 11 is 5.96. The van der Waals surface area contributed by atoms with E-state index in [9.17, 15) is 9.59 Å². The molecular formula is C10H10ClN3O3. The van der Waals surface area contributed by atoms with Crippen molar-refractivity contribution in [3.05, 3.63) is 23.4 Å². The van der Waals surface area contributed by atoms with Crippen molar-refractivity contribution in [3.8, 4) is 0 Å². The summed E-state index contributed by atoms with van der Waals surface area (Å²) in [6.45, 7) is 0. The molecule has 1 unspecified atom stereocenters. The number of hydrogen-bond acceptors (Lipinski definition) is 5. The number of halogens is 1. The lowest BCUT2D eigenvalue weighted by Gasteiger charge is -2.22. The van der Waals surface area contributed by atoms with E-state index in [4.69, 9.17) is 11.6 Å². The van der Waals surface area contributed by atoms with Crippen LogP contribution in [-0.2, 0) is 14.3 Å². The highest BCUT2D eigenvalue weighted by Gasteiger charge is 2.38. The number of hydrogen-bond donors (Lipinski definition) is 1. The van der Waals surface area contributed by atoms with Gasteiger partial charge in [0, 0.05) is 6.20 Å². The van der Waals surface area contributed by atoms with Gasteiger partial charge in [-0.25, -0.2) is 9.78 Å². The van der Waals surface area contributed by atoms with Crippen molar-refractivity contribution in [2.75, 3.05) is 12.1 Å². The SMILES string of the molecule is COC(=O)C1CC(=O)NN1c1ncccc1Cl. The number of carbonyl (C=O) groups excluding carboxylic acids is 2. The molecule has 7 heteroatoms. The predicted octanol–water partition coefficient (Wildman–Crippen LogP) is 0.518. The quantitative estimate of drug-likeness (QED) is 0.780. The van der Waals surface area contributed by atoms with Gasteiger partial charge in [-0.05, 0) is 12.1 Å². The van der Waals surface area contributed by atoms with Crippen LogP contribution in [0.5, 0.6) is 0 Å². The molecule has 2 heterocycles. The molecule has 0 aromatic carbocycles. The summed E-state index contributed by atoms with van der Waals surface area (Å²) < 4.78 is 4.63. The van der Waals surface area contributed by atoms with Gasteiger partial charge in [0.2, 0.25) is 5.91 Å². The Kier molecular flexibility index (Phi) is 3.14. The molecule has 1 aliphatic heterocycles. The number of anilines is 1. The van der Waals surface area contributed by atoms with Gasteiger partial charge in [0.05, 0.1) is 18.6 Å². The highest BCUT2D eigenvalue weighted by molar-refractivity contribution is 6.33. The fraction of sp³-hybridized carbons (Fsp3) is 0.300. The fourth-order valence-corrected chi connectivity index (χ4v) is 1.82. The number of ether oxygens (including phenoxy) is 1. The van der Waals surface area contributed by atoms with Crippen LogP contribution in [0, 0.1) is 0 Å². The van der Waals surface area contributed by atoms with E-state index in [-0.39, 0.29) is 12.3 Å². The molecule has 17 heavy (non-hydrogen) atoms. The Morgan fingerprint density at radius 2 is 2.47 bits per heavy atom. The van der Waals surface area contributed by atoms with Crippen LogP contribution in [0.15, 0.2) is 18.3 Å². The first-order valence-corrected chi connectivity index (χ1v) is 5.28. The summed E-state index contributed by atoms with van der Waals surface area (Å²) in [5, 5.41) is 1.68. The van der Waals surface area contributed by atoms with Crippen LogP contribution in [0.1, 0.15) is 6.42 Å². The molecule has 1 N–H and O–H groups in total. The van der Waals surface area contributed by atoms with Gasteiger partial charge in [0.25, 0.3) is 0 Å². The van der Waals surface area contributed by atoms with E-state index in [1.807, 2.05) is 0 Å². The highest BCUT2D eigenvalue weighted by Crippen LogP contribution is 2.26. The highest BCUT2D eigenvalue weighted by atomic mass is 35.5. The fourth-order valence-electron chi connectivity index (χ4n) is 1.60. The Labute approximate surface area is 102 Å². The standard InChI is InChI=1S/C10H10ClN3O3/c1-17-10(16)7-5-8(15)13-14(7)9-6(11)3-2-4-12-9/h2-4,7H,5H2,1H3,(H,13,15). The van der Waals surface area contributed by atoms with Crippen molar-refractivity contribution in [1.29, 1.82) is 0 Å². The Hall–Kier alpha value is -1.82. The third-order valence-electron chi connectivity index (χ3n) is 2.38. The van der Waals surface area contributed by atoms with Crippen molar-refractivity contribution >= 4 is 29.3 Å². The van der Waals surface area contributed by atoms with E-state index in [1.54, 1.807) is 12.1 Å². The minimum absolute atomic E-state index is 0.0274. The molecule has 1 aliphatic rings. The van der Waals surface area contributed by atoms with Crippen LogP contribution in [0.3, 0.4) is 0 Å². The molecule has 1 aromatic rings. The predicted molar refractivity (Wildman–Crippen MR) is 60.3 cm³/mol. The van der Waals surface area contributed by atoms with E-state index >= 15 is 0 Å². The second-order valence-corrected chi connectivity index (χ2v) is 3.86. The van der Waals surface area contributed by atoms with Crippen LogP contribution in [0.2, 0.25) is 5.02 Å². The van der Waals surface area contributed by atoms with Gasteiger partial charge in [0.15, 0.2) is 11.9 Å². The van der Waals surface area contributed by atoms with Crippen molar-refractivity contribution in [1.82, 2.24) is 10.4 Å². The van der Waals surface area contributed by atoms with Gasteiger partial charge < -0.3 is 4.74 Å². The maximum Gasteiger partial charge on any atom is 0.331 e. The number of nitrogens with zero attached hydrogens (tertiary/aromatic N) is 2. The Balaban J connectivity index is 2.33. The average molecular weight is 256 g/mol. The van der Waals surface area contributed by atoms with E-state index in [0.717, 1.165) is 0 Å². The molecule has 2 rings (SSSR count). The molecule has 1 aromatic heterocycles. The van der Waals surface area contributed by atoms with Gasteiger partial charge in [-0.1, -0.05) is 11.6 Å². The number of aromatic nitrogens is 1. The number of hydrazine groups is 1. The largest absolute Gasteiger partial charge is 0.467 e. The van der Waals surface area contributed by atoms with Crippen molar-refractivity contribution < 1.29 is 14.3 Å². The minimum Gasteiger partial charge on any atom is -0.467 e. The van der Waals surface area contributed by atoms with Gasteiger partial charge in [0.1, 0.15) is 0 Å². The smallest absolute Gasteiger partial charge is 0.331 e. The molecule has 0 aliphatic carbocycles. The van der Waals surface area contributed by atoms with Gasteiger partial charge in [-0.3, -0.25) is 15.2 Å². The first-order valence-electron chi connectivity index (χ1n) is 4.90. The van der Waals surface area contributed by atoms with Crippen molar-refractivity contribution in [2.24, 2.45) is 0 Å². The molecule has 1 saturated heterocycles. The Bertz CT molecular complexity index is 466. The number of nitrogens with one attached hydrogen (secondary N) is 1. The normalized spacial score (nSPS) is 19.1. The molecule has 0 radical (unpaired) electrons. The lowest BCUT2D eigenvalue weighted by atomic mass is 10.2. The molecule has 0 bridgehead atoms. The zero-order chi connectivity index (χ0) is 12.4. The maximum absolute atomic E-state index is 11.5. The van der Waals surface area contributed by atoms with Crippen LogP contribution in [0.25, 0.3) is 0 Å². The molecule has 1 atom stereocenters. The zero-order valence-corrected chi connectivity index (χ0v) is 9.77. The average Bonchev–Trinajstić information content (AvgIpc) is 2.71. The number of carbonyl (C=O) groups is 2. The summed E-state index contributed by atoms with van der Waals surface area (Å²) in [6.07, 6.45) is 1.56. The molecule has 6 nitrogen and oxygen atoms in total. The summed E-state index contributed by atoms with van der Waals surface area (Å²) in [6, 6.07) is 2.56. The summed E-state index contributed by atoms with van der Waals surface area (Å²) in [5.41, 5.74) is 2.52. The van der Waals surface area contributed by atoms with Gasteiger partial charge in [-0.2, -0.15) is 0 Å². The van der Waals surface area contributed by atoms with E-state index in [1.165, 1.54) is 18.3 Å². The second kappa shape index (κ2) is 4.58. The maximum atomic E-state index is 11.5. The third kappa shape index (κ3) is 2.16. The first-order chi connectivity index (χ1) is 8.13. The van der Waals surface area contributed by atoms with Crippen molar-refractivity contribution in [2.45, 2.75) is 12.5 Å². The van der Waals surface area contributed by atoms with E-state index < -0.39 is 12.0 Å². The third-order valence-corrected chi connectivity index (χ3v) is 2.67. The Morgan fingerprint density at radius 3 is 3.12 bits per heavy atom. The van der Waals surface area contributed by atoms with Crippen LogP contribution >= 0.6 is 11.6 Å². The molecule has 1 amide bonds. The number of esters is 1. The number of rotatable bonds is 2. The van der Waals surface area contributed by atoms with Crippen LogP contribution in [0.4, 0.5) is 5.82 Å². The van der Waals surface area contributed by atoms with Gasteiger partial charge >= 0.3 is 5.97 Å². The number of amides is 1. The lowest BCUT2D eigenvalue weighted by molar-refractivity contribution is -0.142. The van der Waals surface area contributed by atoms with Crippen LogP contribution in [-0.4, -0.2) is 30.0 Å². The lowest BCUT2D eigenvalue weighted by Crippen LogP contribution is -2.43.